The molecular formula is C26H33N3O4. The maximum absolute atomic E-state index is 12.3. The van der Waals surface area contributed by atoms with Gasteiger partial charge in [0.15, 0.2) is 0 Å². The van der Waals surface area contributed by atoms with Crippen molar-refractivity contribution in [3.63, 3.8) is 0 Å². The minimum atomic E-state index is -0.478. The van der Waals surface area contributed by atoms with E-state index in [1.54, 1.807) is 4.90 Å². The number of ether oxygens (including phenoxy) is 3. The van der Waals surface area contributed by atoms with E-state index in [4.69, 9.17) is 14.2 Å². The number of rotatable bonds is 2. The molecule has 0 atom stereocenters. The van der Waals surface area contributed by atoms with Crippen LogP contribution in [0, 0.1) is 6.92 Å². The van der Waals surface area contributed by atoms with Gasteiger partial charge in [0.25, 0.3) is 0 Å². The van der Waals surface area contributed by atoms with E-state index >= 15 is 0 Å². The molecule has 2 aromatic rings. The minimum absolute atomic E-state index is 0.245. The van der Waals surface area contributed by atoms with E-state index in [-0.39, 0.29) is 12.0 Å². The summed E-state index contributed by atoms with van der Waals surface area (Å²) in [5.41, 5.74) is 5.21. The van der Waals surface area contributed by atoms with E-state index in [0.29, 0.717) is 25.6 Å². The van der Waals surface area contributed by atoms with E-state index in [0.717, 1.165) is 54.4 Å². The molecule has 3 aliphatic heterocycles. The molecule has 0 saturated carbocycles. The summed E-state index contributed by atoms with van der Waals surface area (Å²) in [6.07, 6.45) is 3.71. The van der Waals surface area contributed by atoms with Crippen LogP contribution in [0.1, 0.15) is 67.7 Å². The predicted octanol–water partition coefficient (Wildman–Crippen LogP) is 5.25. The fraction of sp³-hybridized carbons (Fsp3) is 0.538. The van der Waals surface area contributed by atoms with Gasteiger partial charge in [0.1, 0.15) is 23.8 Å². The Morgan fingerprint density at radius 3 is 2.67 bits per heavy atom. The minimum Gasteiger partial charge on any atom is -0.486 e. The molecule has 0 bridgehead atoms. The lowest BCUT2D eigenvalue weighted by molar-refractivity contribution is 0.00819. The molecule has 4 heterocycles. The quantitative estimate of drug-likeness (QED) is 0.672. The first kappa shape index (κ1) is 22.0. The summed E-state index contributed by atoms with van der Waals surface area (Å²) in [5, 5.41) is 3.56. The lowest BCUT2D eigenvalue weighted by atomic mass is 9.89. The Balaban J connectivity index is 1.35. The topological polar surface area (TPSA) is 72.9 Å². The van der Waals surface area contributed by atoms with Gasteiger partial charge in [0, 0.05) is 44.0 Å². The van der Waals surface area contributed by atoms with Crippen molar-refractivity contribution >= 4 is 17.6 Å². The number of anilines is 2. The number of fused-ring (bicyclic) bond motifs is 2. The Bertz CT molecular complexity index is 1050. The fourth-order valence-electron chi connectivity index (χ4n) is 4.92. The predicted molar refractivity (Wildman–Crippen MR) is 126 cm³/mol. The second-order valence-electron chi connectivity index (χ2n) is 10.3. The number of aromatic nitrogens is 1. The molecule has 1 aromatic carbocycles. The number of hydrogen-bond donors (Lipinski definition) is 1. The number of nitrogens with zero attached hydrogens (tertiary/aromatic N) is 2. The first-order chi connectivity index (χ1) is 15.8. The molecular weight excluding hydrogens is 418 g/mol. The molecule has 5 rings (SSSR count). The summed E-state index contributed by atoms with van der Waals surface area (Å²) >= 11 is 0. The first-order valence-corrected chi connectivity index (χ1v) is 11.9. The molecule has 0 unspecified atom stereocenters. The van der Waals surface area contributed by atoms with Crippen LogP contribution in [-0.2, 0) is 16.1 Å². The molecule has 2 fully saturated rings. The maximum Gasteiger partial charge on any atom is 0.410 e. The van der Waals surface area contributed by atoms with Crippen LogP contribution < -0.4 is 10.1 Å². The van der Waals surface area contributed by atoms with Gasteiger partial charge in [0.2, 0.25) is 0 Å². The standard InChI is InChI=1S/C26H33N3O4/c1-16-11-18(19-13-29(14-19)25(30)33-26(2,3)4)12-22-23(16)32-15-21-20(5-8-27-24(21)28-22)17-6-9-31-10-7-17/h5,8,11-12,17,19H,6-7,9-10,13-15H2,1-4H3,(H,27,28). The highest BCUT2D eigenvalue weighted by Gasteiger charge is 2.35. The van der Waals surface area contributed by atoms with Crippen molar-refractivity contribution in [1.29, 1.82) is 0 Å². The largest absolute Gasteiger partial charge is 0.486 e. The second-order valence-corrected chi connectivity index (χ2v) is 10.3. The highest BCUT2D eigenvalue weighted by atomic mass is 16.6. The van der Waals surface area contributed by atoms with Gasteiger partial charge in [-0.05, 0) is 75.3 Å². The number of amides is 1. The van der Waals surface area contributed by atoms with Crippen LogP contribution in [-0.4, -0.2) is 47.9 Å². The molecule has 1 aromatic heterocycles. The van der Waals surface area contributed by atoms with Gasteiger partial charge >= 0.3 is 6.09 Å². The van der Waals surface area contributed by atoms with Gasteiger partial charge in [-0.3, -0.25) is 0 Å². The Hall–Kier alpha value is -2.80. The lowest BCUT2D eigenvalue weighted by Crippen LogP contribution is -2.50. The molecule has 176 valence electrons. The maximum atomic E-state index is 12.3. The van der Waals surface area contributed by atoms with Crippen molar-refractivity contribution < 1.29 is 19.0 Å². The molecule has 1 N–H and O–H groups in total. The van der Waals surface area contributed by atoms with Crippen molar-refractivity contribution in [3.05, 3.63) is 46.6 Å². The third-order valence-electron chi connectivity index (χ3n) is 6.67. The third kappa shape index (κ3) is 4.51. The second kappa shape index (κ2) is 8.52. The zero-order valence-corrected chi connectivity index (χ0v) is 19.9. The number of carbonyl (C=O) groups excluding carboxylic acids is 1. The molecule has 7 heteroatoms. The van der Waals surface area contributed by atoms with Crippen LogP contribution in [0.5, 0.6) is 5.75 Å². The van der Waals surface area contributed by atoms with Gasteiger partial charge in [-0.1, -0.05) is 6.07 Å². The monoisotopic (exact) mass is 451 g/mol. The van der Waals surface area contributed by atoms with Crippen LogP contribution in [0.25, 0.3) is 0 Å². The van der Waals surface area contributed by atoms with E-state index in [2.05, 4.69) is 35.4 Å². The van der Waals surface area contributed by atoms with Crippen LogP contribution in [0.15, 0.2) is 24.4 Å². The van der Waals surface area contributed by atoms with Crippen LogP contribution >= 0.6 is 0 Å². The summed E-state index contributed by atoms with van der Waals surface area (Å²) < 4.78 is 17.4. The van der Waals surface area contributed by atoms with Crippen molar-refractivity contribution in [2.24, 2.45) is 0 Å². The Morgan fingerprint density at radius 2 is 1.94 bits per heavy atom. The van der Waals surface area contributed by atoms with E-state index in [9.17, 15) is 4.79 Å². The number of pyridine rings is 1. The normalized spacial score (nSPS) is 18.8. The average molecular weight is 452 g/mol. The van der Waals surface area contributed by atoms with Crippen molar-refractivity contribution in [1.82, 2.24) is 9.88 Å². The summed E-state index contributed by atoms with van der Waals surface area (Å²) in [4.78, 5) is 18.7. The molecule has 1 amide bonds. The number of carbonyl (C=O) groups is 1. The molecule has 33 heavy (non-hydrogen) atoms. The molecule has 3 aliphatic rings. The highest BCUT2D eigenvalue weighted by Crippen LogP contribution is 2.42. The molecule has 2 saturated heterocycles. The first-order valence-electron chi connectivity index (χ1n) is 11.9. The molecule has 0 spiro atoms. The number of likely N-dealkylation sites (tertiary alicyclic amines) is 1. The number of hydrogen-bond acceptors (Lipinski definition) is 6. The van der Waals surface area contributed by atoms with E-state index in [1.165, 1.54) is 11.1 Å². The fourth-order valence-corrected chi connectivity index (χ4v) is 4.92. The number of nitrogens with one attached hydrogen (secondary N) is 1. The highest BCUT2D eigenvalue weighted by molar-refractivity contribution is 5.73. The summed E-state index contributed by atoms with van der Waals surface area (Å²) in [6, 6.07) is 6.46. The average Bonchev–Trinajstić information content (AvgIpc) is 2.91. The smallest absolute Gasteiger partial charge is 0.410 e. The van der Waals surface area contributed by atoms with Crippen LogP contribution in [0.2, 0.25) is 0 Å². The van der Waals surface area contributed by atoms with E-state index in [1.807, 2.05) is 27.0 Å². The molecule has 0 aliphatic carbocycles. The van der Waals surface area contributed by atoms with Crippen LogP contribution in [0.4, 0.5) is 16.3 Å². The molecule has 7 nitrogen and oxygen atoms in total. The number of aryl methyl sites for hydroxylation is 1. The zero-order chi connectivity index (χ0) is 23.2. The van der Waals surface area contributed by atoms with E-state index < -0.39 is 5.60 Å². The Labute approximate surface area is 195 Å². The van der Waals surface area contributed by atoms with Crippen LogP contribution in [0.3, 0.4) is 0 Å². The van der Waals surface area contributed by atoms with Gasteiger partial charge < -0.3 is 24.4 Å². The zero-order valence-electron chi connectivity index (χ0n) is 19.9. The summed E-state index contributed by atoms with van der Waals surface area (Å²) in [6.45, 7) is 11.2. The SMILES string of the molecule is Cc1cc(C2CN(C(=O)OC(C)(C)C)C2)cc2c1OCc1c(C3CCOCC3)ccnc1N2. The number of benzene rings is 1. The lowest BCUT2D eigenvalue weighted by Gasteiger charge is -2.40. The summed E-state index contributed by atoms with van der Waals surface area (Å²) in [7, 11) is 0. The summed E-state index contributed by atoms with van der Waals surface area (Å²) in [5.74, 6) is 2.51. The van der Waals surface area contributed by atoms with Crippen molar-refractivity contribution in [3.8, 4) is 5.75 Å². The Morgan fingerprint density at radius 1 is 1.18 bits per heavy atom. The molecule has 0 radical (unpaired) electrons. The van der Waals surface area contributed by atoms with Gasteiger partial charge in [-0.2, -0.15) is 0 Å². The Kier molecular flexibility index (Phi) is 5.69. The third-order valence-corrected chi connectivity index (χ3v) is 6.67. The van der Waals surface area contributed by atoms with Gasteiger partial charge in [-0.25, -0.2) is 9.78 Å². The van der Waals surface area contributed by atoms with Crippen molar-refractivity contribution in [2.45, 2.75) is 64.6 Å². The van der Waals surface area contributed by atoms with Crippen molar-refractivity contribution in [2.75, 3.05) is 31.6 Å². The van der Waals surface area contributed by atoms with Gasteiger partial charge in [0.05, 0.1) is 5.69 Å². The van der Waals surface area contributed by atoms with Gasteiger partial charge in [-0.15, -0.1) is 0 Å².